The van der Waals surface area contributed by atoms with Crippen LogP contribution in [-0.4, -0.2) is 29.1 Å². The van der Waals surface area contributed by atoms with Crippen molar-refractivity contribution < 1.29 is 0 Å². The summed E-state index contributed by atoms with van der Waals surface area (Å²) in [5.41, 5.74) is 0. The summed E-state index contributed by atoms with van der Waals surface area (Å²) in [6.07, 6.45) is 11.6. The number of nitrogens with zero attached hydrogens (tertiary/aromatic N) is 1. The average molecular weight is 301 g/mol. The van der Waals surface area contributed by atoms with Crippen LogP contribution in [0.2, 0.25) is 0 Å². The quantitative estimate of drug-likeness (QED) is 0.398. The third-order valence-corrected chi connectivity index (χ3v) is 4.21. The highest BCUT2D eigenvalue weighted by Crippen LogP contribution is 2.06. The molecule has 0 radical (unpaired) electrons. The van der Waals surface area contributed by atoms with Crippen molar-refractivity contribution >= 4 is 17.3 Å². The lowest BCUT2D eigenvalue weighted by molar-refractivity contribution is 0.376. The largest absolute Gasteiger partial charge is 0.360 e. The van der Waals surface area contributed by atoms with E-state index in [1.165, 1.54) is 51.4 Å². The molecule has 0 bridgehead atoms. The molecule has 0 amide bonds. The zero-order valence-corrected chi connectivity index (χ0v) is 15.0. The predicted octanol–water partition coefficient (Wildman–Crippen LogP) is 5.12. The number of thiocarbonyl (C=S) groups is 1. The van der Waals surface area contributed by atoms with Crippen molar-refractivity contribution in [2.45, 2.75) is 91.5 Å². The molecule has 0 rings (SSSR count). The first kappa shape index (κ1) is 19.7. The Morgan fingerprint density at radius 1 is 0.900 bits per heavy atom. The molecule has 0 aliphatic rings. The molecule has 1 unspecified atom stereocenters. The Kier molecular flexibility index (Phi) is 13.5. The van der Waals surface area contributed by atoms with Gasteiger partial charge in [0, 0.05) is 19.1 Å². The van der Waals surface area contributed by atoms with Crippen LogP contribution in [0.15, 0.2) is 0 Å². The van der Waals surface area contributed by atoms with Gasteiger partial charge in [-0.1, -0.05) is 59.3 Å². The van der Waals surface area contributed by atoms with Gasteiger partial charge in [0.1, 0.15) is 0 Å². The van der Waals surface area contributed by atoms with Crippen LogP contribution < -0.4 is 5.32 Å². The summed E-state index contributed by atoms with van der Waals surface area (Å²) < 4.78 is 0. The van der Waals surface area contributed by atoms with Gasteiger partial charge in [-0.15, -0.1) is 0 Å². The molecular weight excluding hydrogens is 264 g/mol. The van der Waals surface area contributed by atoms with E-state index < -0.39 is 0 Å². The average Bonchev–Trinajstić information content (AvgIpc) is 2.45. The van der Waals surface area contributed by atoms with Gasteiger partial charge in [0.2, 0.25) is 0 Å². The zero-order valence-electron chi connectivity index (χ0n) is 14.2. The van der Waals surface area contributed by atoms with Gasteiger partial charge in [-0.05, 0) is 38.4 Å². The van der Waals surface area contributed by atoms with Gasteiger partial charge in [-0.25, -0.2) is 0 Å². The Labute approximate surface area is 132 Å². The summed E-state index contributed by atoms with van der Waals surface area (Å²) in [6, 6.07) is 0.483. The fourth-order valence-electron chi connectivity index (χ4n) is 2.18. The van der Waals surface area contributed by atoms with Crippen molar-refractivity contribution in [2.24, 2.45) is 0 Å². The summed E-state index contributed by atoms with van der Waals surface area (Å²) in [7, 11) is 0. The second kappa shape index (κ2) is 13.7. The Morgan fingerprint density at radius 3 is 1.80 bits per heavy atom. The first-order valence-corrected chi connectivity index (χ1v) is 9.11. The second-order valence-corrected chi connectivity index (χ2v) is 6.25. The first-order valence-electron chi connectivity index (χ1n) is 8.71. The highest BCUT2D eigenvalue weighted by Gasteiger charge is 2.10. The van der Waals surface area contributed by atoms with E-state index in [9.17, 15) is 0 Å². The molecule has 0 aliphatic carbocycles. The Morgan fingerprint density at radius 2 is 1.40 bits per heavy atom. The van der Waals surface area contributed by atoms with Crippen molar-refractivity contribution in [1.29, 1.82) is 0 Å². The number of rotatable bonds is 12. The molecule has 0 saturated heterocycles. The number of unbranched alkanes of at least 4 members (excludes halogenated alkanes) is 6. The fourth-order valence-corrected chi connectivity index (χ4v) is 2.56. The molecule has 1 N–H and O–H groups in total. The molecule has 3 heteroatoms. The molecule has 0 aromatic carbocycles. The van der Waals surface area contributed by atoms with E-state index in [-0.39, 0.29) is 0 Å². The summed E-state index contributed by atoms with van der Waals surface area (Å²) in [5.74, 6) is 0. The molecule has 0 aromatic heterocycles. The lowest BCUT2D eigenvalue weighted by atomic mass is 10.2. The van der Waals surface area contributed by atoms with Crippen molar-refractivity contribution in [3.05, 3.63) is 0 Å². The highest BCUT2D eigenvalue weighted by atomic mass is 32.1. The maximum Gasteiger partial charge on any atom is 0.169 e. The molecule has 120 valence electrons. The molecule has 0 fully saturated rings. The van der Waals surface area contributed by atoms with E-state index in [4.69, 9.17) is 12.2 Å². The van der Waals surface area contributed by atoms with Gasteiger partial charge in [0.15, 0.2) is 5.11 Å². The van der Waals surface area contributed by atoms with Gasteiger partial charge in [0.25, 0.3) is 0 Å². The summed E-state index contributed by atoms with van der Waals surface area (Å²) >= 11 is 5.59. The third kappa shape index (κ3) is 10.5. The summed E-state index contributed by atoms with van der Waals surface area (Å²) in [4.78, 5) is 2.40. The van der Waals surface area contributed by atoms with E-state index in [0.717, 1.165) is 24.6 Å². The Bertz CT molecular complexity index is 219. The van der Waals surface area contributed by atoms with E-state index in [1.807, 2.05) is 0 Å². The highest BCUT2D eigenvalue weighted by molar-refractivity contribution is 7.80. The minimum atomic E-state index is 0.483. The van der Waals surface area contributed by atoms with Crippen molar-refractivity contribution in [1.82, 2.24) is 10.2 Å². The van der Waals surface area contributed by atoms with Gasteiger partial charge < -0.3 is 10.2 Å². The van der Waals surface area contributed by atoms with Crippen LogP contribution >= 0.6 is 12.2 Å². The van der Waals surface area contributed by atoms with Crippen molar-refractivity contribution in [2.75, 3.05) is 13.1 Å². The standard InChI is InChI=1S/C17H36N2S/c1-5-8-10-12-14-19(15-13-11-9-6-2)17(20)18-16(4)7-3/h16H,5-15H2,1-4H3,(H,18,20). The van der Waals surface area contributed by atoms with E-state index in [2.05, 4.69) is 37.9 Å². The summed E-state index contributed by atoms with van der Waals surface area (Å²) in [5, 5.41) is 4.43. The smallest absolute Gasteiger partial charge is 0.169 e. The zero-order chi connectivity index (χ0) is 15.2. The molecule has 0 spiro atoms. The molecule has 20 heavy (non-hydrogen) atoms. The first-order chi connectivity index (χ1) is 9.65. The maximum atomic E-state index is 5.59. The topological polar surface area (TPSA) is 15.3 Å². The van der Waals surface area contributed by atoms with Crippen LogP contribution in [0.3, 0.4) is 0 Å². The second-order valence-electron chi connectivity index (χ2n) is 5.87. The van der Waals surface area contributed by atoms with Crippen molar-refractivity contribution in [3.63, 3.8) is 0 Å². The number of hydrogen-bond donors (Lipinski definition) is 1. The molecule has 0 saturated carbocycles. The Balaban J connectivity index is 4.11. The number of nitrogens with one attached hydrogen (secondary N) is 1. The van der Waals surface area contributed by atoms with Gasteiger partial charge >= 0.3 is 0 Å². The molecule has 1 atom stereocenters. The van der Waals surface area contributed by atoms with Crippen LogP contribution in [0.1, 0.15) is 85.5 Å². The Hall–Kier alpha value is -0.310. The van der Waals surface area contributed by atoms with Crippen LogP contribution in [0.5, 0.6) is 0 Å². The van der Waals surface area contributed by atoms with E-state index in [1.54, 1.807) is 0 Å². The molecule has 0 aliphatic heterocycles. The van der Waals surface area contributed by atoms with Crippen molar-refractivity contribution in [3.8, 4) is 0 Å². The SMILES string of the molecule is CCCCCCN(CCCCCC)C(=S)NC(C)CC. The third-order valence-electron chi connectivity index (χ3n) is 3.83. The predicted molar refractivity (Wildman–Crippen MR) is 95.3 cm³/mol. The van der Waals surface area contributed by atoms with E-state index in [0.29, 0.717) is 6.04 Å². The monoisotopic (exact) mass is 300 g/mol. The normalized spacial score (nSPS) is 12.2. The lowest BCUT2D eigenvalue weighted by Gasteiger charge is -2.28. The van der Waals surface area contributed by atoms with Crippen LogP contribution in [-0.2, 0) is 0 Å². The van der Waals surface area contributed by atoms with Crippen LogP contribution in [0.4, 0.5) is 0 Å². The van der Waals surface area contributed by atoms with Gasteiger partial charge in [-0.2, -0.15) is 0 Å². The molecule has 2 nitrogen and oxygen atoms in total. The molecule has 0 heterocycles. The number of hydrogen-bond acceptors (Lipinski definition) is 1. The molecule has 0 aromatic rings. The van der Waals surface area contributed by atoms with Gasteiger partial charge in [0.05, 0.1) is 0 Å². The van der Waals surface area contributed by atoms with Gasteiger partial charge in [-0.3, -0.25) is 0 Å². The van der Waals surface area contributed by atoms with E-state index >= 15 is 0 Å². The molecular formula is C17H36N2S. The summed E-state index contributed by atoms with van der Waals surface area (Å²) in [6.45, 7) is 11.2. The maximum absolute atomic E-state index is 5.59. The minimum absolute atomic E-state index is 0.483. The fraction of sp³-hybridized carbons (Fsp3) is 0.941. The lowest BCUT2D eigenvalue weighted by Crippen LogP contribution is -2.44. The minimum Gasteiger partial charge on any atom is -0.360 e. The van der Waals surface area contributed by atoms with Crippen LogP contribution in [0.25, 0.3) is 0 Å². The van der Waals surface area contributed by atoms with Crippen LogP contribution in [0, 0.1) is 0 Å².